The molecular weight excluding hydrogens is 236 g/mol. The minimum Gasteiger partial charge on any atom is -0.343 e. The van der Waals surface area contributed by atoms with Gasteiger partial charge in [0.2, 0.25) is 5.91 Å². The molecule has 19 heavy (non-hydrogen) atoms. The van der Waals surface area contributed by atoms with E-state index in [1.165, 1.54) is 44.9 Å². The summed E-state index contributed by atoms with van der Waals surface area (Å²) in [5, 5.41) is 0. The number of hydrogen-bond donors (Lipinski definition) is 1. The second-order valence-electron chi connectivity index (χ2n) is 7.08. The van der Waals surface area contributed by atoms with Crippen molar-refractivity contribution in [3.63, 3.8) is 0 Å². The van der Waals surface area contributed by atoms with Crippen molar-refractivity contribution in [2.24, 2.45) is 23.5 Å². The van der Waals surface area contributed by atoms with Crippen LogP contribution in [0.5, 0.6) is 0 Å². The molecule has 3 fully saturated rings. The highest BCUT2D eigenvalue weighted by Crippen LogP contribution is 2.42. The van der Waals surface area contributed by atoms with Gasteiger partial charge in [-0.3, -0.25) is 4.79 Å². The third kappa shape index (κ3) is 2.54. The lowest BCUT2D eigenvalue weighted by Crippen LogP contribution is -2.50. The van der Waals surface area contributed by atoms with Crippen molar-refractivity contribution in [3.05, 3.63) is 0 Å². The van der Waals surface area contributed by atoms with Crippen molar-refractivity contribution in [3.8, 4) is 0 Å². The van der Waals surface area contributed by atoms with Crippen LogP contribution in [0.2, 0.25) is 0 Å². The van der Waals surface area contributed by atoms with Crippen LogP contribution in [-0.2, 0) is 4.79 Å². The number of carbonyl (C=O) groups is 1. The van der Waals surface area contributed by atoms with Gasteiger partial charge in [0.05, 0.1) is 0 Å². The Kier molecular flexibility index (Phi) is 3.84. The smallest absolute Gasteiger partial charge is 0.225 e. The number of rotatable bonds is 2. The molecule has 3 saturated carbocycles. The van der Waals surface area contributed by atoms with Crippen LogP contribution in [0.25, 0.3) is 0 Å². The highest BCUT2D eigenvalue weighted by atomic mass is 16.2. The Bertz CT molecular complexity index is 324. The summed E-state index contributed by atoms with van der Waals surface area (Å²) < 4.78 is 0. The fourth-order valence-corrected chi connectivity index (χ4v) is 4.75. The number of amides is 1. The van der Waals surface area contributed by atoms with Crippen molar-refractivity contribution < 1.29 is 4.79 Å². The molecule has 3 nitrogen and oxygen atoms in total. The maximum absolute atomic E-state index is 12.7. The second kappa shape index (κ2) is 5.43. The van der Waals surface area contributed by atoms with Crippen molar-refractivity contribution in [1.29, 1.82) is 0 Å². The quantitative estimate of drug-likeness (QED) is 0.833. The van der Waals surface area contributed by atoms with Crippen LogP contribution in [0, 0.1) is 17.8 Å². The first-order valence-corrected chi connectivity index (χ1v) is 8.19. The summed E-state index contributed by atoms with van der Waals surface area (Å²) in [5.74, 6) is 1.90. The average molecular weight is 264 g/mol. The standard InChI is InChI=1S/C16H28N2O/c1-18(14-7-2-3-8-14)16(19)13-9-11-5-4-6-12(10-13)15(11)17/h11-15H,2-10,17H2,1H3. The predicted molar refractivity (Wildman–Crippen MR) is 76.6 cm³/mol. The fraction of sp³-hybridized carbons (Fsp3) is 0.938. The van der Waals surface area contributed by atoms with E-state index in [9.17, 15) is 4.79 Å². The van der Waals surface area contributed by atoms with Crippen LogP contribution in [0.1, 0.15) is 57.8 Å². The normalized spacial score (nSPS) is 39.3. The van der Waals surface area contributed by atoms with Gasteiger partial charge in [-0.1, -0.05) is 19.3 Å². The lowest BCUT2D eigenvalue weighted by atomic mass is 9.65. The molecule has 0 radical (unpaired) electrons. The molecule has 0 heterocycles. The maximum Gasteiger partial charge on any atom is 0.225 e. The highest BCUT2D eigenvalue weighted by Gasteiger charge is 2.41. The highest BCUT2D eigenvalue weighted by molar-refractivity contribution is 5.79. The molecule has 3 aliphatic rings. The summed E-state index contributed by atoms with van der Waals surface area (Å²) in [6, 6.07) is 0.887. The summed E-state index contributed by atoms with van der Waals surface area (Å²) in [6.45, 7) is 0. The Labute approximate surface area is 116 Å². The van der Waals surface area contributed by atoms with E-state index >= 15 is 0 Å². The molecule has 2 N–H and O–H groups in total. The van der Waals surface area contributed by atoms with Gasteiger partial charge in [0.1, 0.15) is 0 Å². The summed E-state index contributed by atoms with van der Waals surface area (Å²) in [7, 11) is 2.03. The predicted octanol–water partition coefficient (Wildman–Crippen LogP) is 2.54. The molecule has 3 aliphatic carbocycles. The second-order valence-corrected chi connectivity index (χ2v) is 7.08. The van der Waals surface area contributed by atoms with Crippen molar-refractivity contribution in [2.75, 3.05) is 7.05 Å². The first kappa shape index (κ1) is 13.4. The van der Waals surface area contributed by atoms with Gasteiger partial charge in [-0.2, -0.15) is 0 Å². The lowest BCUT2D eigenvalue weighted by molar-refractivity contribution is -0.139. The number of nitrogens with two attached hydrogens (primary N) is 1. The fourth-order valence-electron chi connectivity index (χ4n) is 4.75. The number of nitrogens with zero attached hydrogens (tertiary/aromatic N) is 1. The Morgan fingerprint density at radius 2 is 1.58 bits per heavy atom. The summed E-state index contributed by atoms with van der Waals surface area (Å²) in [4.78, 5) is 14.8. The molecule has 2 bridgehead atoms. The van der Waals surface area contributed by atoms with Crippen LogP contribution in [0.4, 0.5) is 0 Å². The van der Waals surface area contributed by atoms with Gasteiger partial charge in [-0.15, -0.1) is 0 Å². The molecule has 2 unspecified atom stereocenters. The van der Waals surface area contributed by atoms with Crippen molar-refractivity contribution >= 4 is 5.91 Å². The molecule has 0 spiro atoms. The Morgan fingerprint density at radius 3 is 2.16 bits per heavy atom. The first-order valence-electron chi connectivity index (χ1n) is 8.19. The maximum atomic E-state index is 12.7. The van der Waals surface area contributed by atoms with Gasteiger partial charge < -0.3 is 10.6 Å². The molecule has 0 aromatic carbocycles. The van der Waals surface area contributed by atoms with Gasteiger partial charge in [-0.05, 0) is 50.4 Å². The van der Waals surface area contributed by atoms with Crippen LogP contribution < -0.4 is 5.73 Å². The van der Waals surface area contributed by atoms with E-state index < -0.39 is 0 Å². The molecule has 108 valence electrons. The van der Waals surface area contributed by atoms with E-state index in [4.69, 9.17) is 5.73 Å². The van der Waals surface area contributed by atoms with Crippen molar-refractivity contribution in [1.82, 2.24) is 4.90 Å². The lowest BCUT2D eigenvalue weighted by Gasteiger charge is -2.44. The molecule has 1 amide bonds. The zero-order chi connectivity index (χ0) is 13.4. The van der Waals surface area contributed by atoms with Crippen molar-refractivity contribution in [2.45, 2.75) is 69.9 Å². The summed E-state index contributed by atoms with van der Waals surface area (Å²) in [5.41, 5.74) is 6.32. The van der Waals surface area contributed by atoms with E-state index in [0.29, 0.717) is 29.8 Å². The van der Waals surface area contributed by atoms with Crippen LogP contribution >= 0.6 is 0 Å². The Hall–Kier alpha value is -0.570. The molecular formula is C16H28N2O. The minimum absolute atomic E-state index is 0.265. The SMILES string of the molecule is CN(C(=O)C1CC2CCCC(C1)C2N)C1CCCC1. The molecule has 0 aromatic heterocycles. The van der Waals surface area contributed by atoms with Crippen LogP contribution in [0.3, 0.4) is 0 Å². The van der Waals surface area contributed by atoms with E-state index in [0.717, 1.165) is 12.8 Å². The largest absolute Gasteiger partial charge is 0.343 e. The van der Waals surface area contributed by atoms with Gasteiger partial charge in [-0.25, -0.2) is 0 Å². The molecule has 0 aliphatic heterocycles. The van der Waals surface area contributed by atoms with Crippen LogP contribution in [-0.4, -0.2) is 29.9 Å². The van der Waals surface area contributed by atoms with Gasteiger partial charge in [0, 0.05) is 25.0 Å². The van der Waals surface area contributed by atoms with Gasteiger partial charge in [0.15, 0.2) is 0 Å². The molecule has 0 saturated heterocycles. The van der Waals surface area contributed by atoms with Crippen LogP contribution in [0.15, 0.2) is 0 Å². The number of carbonyl (C=O) groups excluding carboxylic acids is 1. The zero-order valence-electron chi connectivity index (χ0n) is 12.2. The molecule has 2 atom stereocenters. The minimum atomic E-state index is 0.265. The first-order chi connectivity index (χ1) is 9.16. The van der Waals surface area contributed by atoms with E-state index in [-0.39, 0.29) is 5.92 Å². The Morgan fingerprint density at radius 1 is 1.00 bits per heavy atom. The molecule has 3 heteroatoms. The Balaban J connectivity index is 1.64. The third-order valence-corrected chi connectivity index (χ3v) is 5.98. The average Bonchev–Trinajstić information content (AvgIpc) is 2.90. The zero-order valence-corrected chi connectivity index (χ0v) is 12.2. The van der Waals surface area contributed by atoms with E-state index in [1.807, 2.05) is 7.05 Å². The molecule has 0 aromatic rings. The van der Waals surface area contributed by atoms with E-state index in [1.54, 1.807) is 0 Å². The molecule has 3 rings (SSSR count). The monoisotopic (exact) mass is 264 g/mol. The van der Waals surface area contributed by atoms with E-state index in [2.05, 4.69) is 4.90 Å². The van der Waals surface area contributed by atoms with Gasteiger partial charge in [0.25, 0.3) is 0 Å². The van der Waals surface area contributed by atoms with Gasteiger partial charge >= 0.3 is 0 Å². The topological polar surface area (TPSA) is 46.3 Å². The summed E-state index contributed by atoms with van der Waals surface area (Å²) >= 11 is 0. The number of fused-ring (bicyclic) bond motifs is 2. The summed E-state index contributed by atoms with van der Waals surface area (Å²) in [6.07, 6.45) is 10.9. The number of hydrogen-bond acceptors (Lipinski definition) is 2. The third-order valence-electron chi connectivity index (χ3n) is 5.98.